The van der Waals surface area contributed by atoms with Gasteiger partial charge in [-0.05, 0) is 31.0 Å². The van der Waals surface area contributed by atoms with Crippen LogP contribution in [-0.4, -0.2) is 15.9 Å². The number of rotatable bonds is 8. The largest absolute Gasteiger partial charge is 0.369 e. The number of unbranched alkanes of at least 4 members (excludes halogenated alkanes) is 1. The summed E-state index contributed by atoms with van der Waals surface area (Å²) in [5, 5.41) is 0. The molecule has 2 N–H and O–H groups in total. The molecule has 4 heteroatoms. The van der Waals surface area contributed by atoms with E-state index in [1.165, 1.54) is 0 Å². The molecule has 2 aromatic carbocycles. The molecule has 0 heterocycles. The Morgan fingerprint density at radius 2 is 1.71 bits per heavy atom. The molecule has 0 saturated heterocycles. The van der Waals surface area contributed by atoms with Gasteiger partial charge in [-0.15, -0.1) is 0 Å². The summed E-state index contributed by atoms with van der Waals surface area (Å²) >= 11 is 0. The first kappa shape index (κ1) is 18.4. The normalized spacial score (nSPS) is 14.8. The van der Waals surface area contributed by atoms with Crippen molar-refractivity contribution >= 4 is 16.7 Å². The molecule has 0 radical (unpaired) electrons. The highest BCUT2D eigenvalue weighted by Gasteiger charge is 2.39. The molecular weight excluding hydrogens is 318 g/mol. The highest BCUT2D eigenvalue weighted by Crippen LogP contribution is 2.32. The molecule has 0 saturated carbocycles. The first-order chi connectivity index (χ1) is 11.5. The number of hydrogen-bond acceptors (Lipinski definition) is 2. The summed E-state index contributed by atoms with van der Waals surface area (Å²) in [6.45, 7) is 4.07. The fourth-order valence-electron chi connectivity index (χ4n) is 2.87. The summed E-state index contributed by atoms with van der Waals surface area (Å²) in [4.78, 5) is 13.2. The van der Waals surface area contributed by atoms with E-state index in [2.05, 4.69) is 6.92 Å². The molecule has 0 fully saturated rings. The molecule has 1 unspecified atom stereocenters. The Hall–Kier alpha value is -1.94. The smallest absolute Gasteiger partial charge is 0.229 e. The van der Waals surface area contributed by atoms with Crippen LogP contribution in [-0.2, 0) is 21.0 Å². The van der Waals surface area contributed by atoms with Crippen molar-refractivity contribution in [2.75, 3.05) is 5.75 Å². The lowest BCUT2D eigenvalue weighted by Gasteiger charge is -2.31. The Labute approximate surface area is 146 Å². The number of carbonyl (C=O) groups is 1. The Bertz CT molecular complexity index is 697. The second kappa shape index (κ2) is 8.25. The molecule has 0 aromatic heterocycles. The van der Waals surface area contributed by atoms with E-state index in [1.807, 2.05) is 61.5 Å². The quantitative estimate of drug-likeness (QED) is 0.794. The van der Waals surface area contributed by atoms with E-state index in [0.717, 1.165) is 28.9 Å². The Kier molecular flexibility index (Phi) is 6.32. The molecule has 0 bridgehead atoms. The van der Waals surface area contributed by atoms with Gasteiger partial charge in [0.1, 0.15) is 0 Å². The van der Waals surface area contributed by atoms with Crippen LogP contribution < -0.4 is 5.73 Å². The predicted molar refractivity (Wildman–Crippen MR) is 99.3 cm³/mol. The molecule has 2 atom stereocenters. The summed E-state index contributed by atoms with van der Waals surface area (Å²) in [5.74, 6) is -0.183. The number of carbonyl (C=O) groups excluding carboxylic acids is 1. The fourth-order valence-corrected chi connectivity index (χ4v) is 4.38. The van der Waals surface area contributed by atoms with Gasteiger partial charge in [0.2, 0.25) is 5.91 Å². The fraction of sp³-hybridized carbons (Fsp3) is 0.350. The Morgan fingerprint density at radius 3 is 2.25 bits per heavy atom. The van der Waals surface area contributed by atoms with E-state index in [1.54, 1.807) is 0 Å². The number of nitrogens with two attached hydrogens (primary N) is 1. The number of hydrogen-bond donors (Lipinski definition) is 1. The maximum atomic E-state index is 12.9. The highest BCUT2D eigenvalue weighted by atomic mass is 32.2. The maximum Gasteiger partial charge on any atom is 0.229 e. The van der Waals surface area contributed by atoms with E-state index in [9.17, 15) is 9.00 Å². The van der Waals surface area contributed by atoms with Gasteiger partial charge in [0, 0.05) is 10.6 Å². The minimum Gasteiger partial charge on any atom is -0.369 e. The van der Waals surface area contributed by atoms with Gasteiger partial charge in [-0.25, -0.2) is 0 Å². The highest BCUT2D eigenvalue weighted by molar-refractivity contribution is 7.85. The first-order valence-electron chi connectivity index (χ1n) is 8.30. The van der Waals surface area contributed by atoms with E-state index in [0.29, 0.717) is 6.42 Å². The van der Waals surface area contributed by atoms with Crippen molar-refractivity contribution in [3.63, 3.8) is 0 Å². The topological polar surface area (TPSA) is 60.2 Å². The van der Waals surface area contributed by atoms with Crippen LogP contribution in [0.2, 0.25) is 0 Å². The van der Waals surface area contributed by atoms with E-state index >= 15 is 0 Å². The second-order valence-electron chi connectivity index (χ2n) is 6.22. The Morgan fingerprint density at radius 1 is 1.08 bits per heavy atom. The van der Waals surface area contributed by atoms with Crippen LogP contribution in [0.15, 0.2) is 59.5 Å². The van der Waals surface area contributed by atoms with Crippen LogP contribution in [0.3, 0.4) is 0 Å². The Balaban J connectivity index is 2.39. The lowest BCUT2D eigenvalue weighted by atomic mass is 9.77. The van der Waals surface area contributed by atoms with Gasteiger partial charge in [0.25, 0.3) is 0 Å². The third kappa shape index (κ3) is 4.12. The van der Waals surface area contributed by atoms with Crippen LogP contribution in [0.5, 0.6) is 0 Å². The minimum absolute atomic E-state index is 0.218. The number of amides is 1. The van der Waals surface area contributed by atoms with Crippen molar-refractivity contribution in [1.82, 2.24) is 0 Å². The predicted octanol–water partition coefficient (Wildman–Crippen LogP) is 3.72. The molecule has 0 spiro atoms. The molecule has 1 amide bonds. The molecule has 128 valence electrons. The molecule has 2 aromatic rings. The summed E-state index contributed by atoms with van der Waals surface area (Å²) in [6.07, 6.45) is 2.43. The van der Waals surface area contributed by atoms with Gasteiger partial charge in [-0.1, -0.05) is 67.8 Å². The zero-order chi connectivity index (χ0) is 17.6. The molecule has 0 aliphatic carbocycles. The van der Waals surface area contributed by atoms with Crippen molar-refractivity contribution in [3.8, 4) is 0 Å². The summed E-state index contributed by atoms with van der Waals surface area (Å²) in [5.41, 5.74) is 6.90. The third-order valence-electron chi connectivity index (χ3n) is 4.42. The minimum atomic E-state index is -1.29. The zero-order valence-corrected chi connectivity index (χ0v) is 15.1. The maximum absolute atomic E-state index is 12.9. The first-order valence-corrected chi connectivity index (χ1v) is 9.62. The van der Waals surface area contributed by atoms with Gasteiger partial charge < -0.3 is 5.73 Å². The zero-order valence-electron chi connectivity index (χ0n) is 14.3. The summed E-state index contributed by atoms with van der Waals surface area (Å²) in [7, 11) is -1.29. The average molecular weight is 343 g/mol. The second-order valence-corrected chi connectivity index (χ2v) is 7.67. The molecule has 0 aliphatic rings. The molecule has 24 heavy (non-hydrogen) atoms. The SMILES string of the molecule is CCCC[C@@](CS(=O)c1ccc(C)cc1)(C(N)=O)c1ccccc1. The van der Waals surface area contributed by atoms with Gasteiger partial charge in [0.05, 0.1) is 16.2 Å². The van der Waals surface area contributed by atoms with Crippen LogP contribution >= 0.6 is 0 Å². The van der Waals surface area contributed by atoms with Crippen molar-refractivity contribution in [1.29, 1.82) is 0 Å². The average Bonchev–Trinajstić information content (AvgIpc) is 2.59. The van der Waals surface area contributed by atoms with Crippen molar-refractivity contribution in [2.45, 2.75) is 43.4 Å². The van der Waals surface area contributed by atoms with E-state index in [4.69, 9.17) is 5.73 Å². The van der Waals surface area contributed by atoms with E-state index in [-0.39, 0.29) is 5.75 Å². The van der Waals surface area contributed by atoms with Crippen LogP contribution in [0.4, 0.5) is 0 Å². The summed E-state index contributed by atoms with van der Waals surface area (Å²) < 4.78 is 12.9. The van der Waals surface area contributed by atoms with Crippen LogP contribution in [0.1, 0.15) is 37.3 Å². The van der Waals surface area contributed by atoms with Crippen LogP contribution in [0, 0.1) is 6.92 Å². The van der Waals surface area contributed by atoms with Gasteiger partial charge in [-0.3, -0.25) is 9.00 Å². The standard InChI is InChI=1S/C20H25NO2S/c1-3-4-14-20(19(21)22,17-8-6-5-7-9-17)15-24(23)18-12-10-16(2)11-13-18/h5-13H,3-4,14-15H2,1-2H3,(H2,21,22)/t20-,24?/m0/s1. The number of aryl methyl sites for hydroxylation is 1. The van der Waals surface area contributed by atoms with Gasteiger partial charge in [0.15, 0.2) is 0 Å². The summed E-state index contributed by atoms with van der Waals surface area (Å²) in [6, 6.07) is 17.1. The third-order valence-corrected chi connectivity index (χ3v) is 5.97. The lowest BCUT2D eigenvalue weighted by Crippen LogP contribution is -2.45. The van der Waals surface area contributed by atoms with Crippen molar-refractivity contribution in [3.05, 3.63) is 65.7 Å². The number of primary amides is 1. The monoisotopic (exact) mass is 343 g/mol. The lowest BCUT2D eigenvalue weighted by molar-refractivity contribution is -0.123. The van der Waals surface area contributed by atoms with Gasteiger partial charge >= 0.3 is 0 Å². The van der Waals surface area contributed by atoms with E-state index < -0.39 is 22.1 Å². The molecule has 2 rings (SSSR count). The number of benzene rings is 2. The van der Waals surface area contributed by atoms with Crippen molar-refractivity contribution < 1.29 is 9.00 Å². The molecular formula is C20H25NO2S. The van der Waals surface area contributed by atoms with Crippen LogP contribution in [0.25, 0.3) is 0 Å². The molecule has 3 nitrogen and oxygen atoms in total. The van der Waals surface area contributed by atoms with Crippen molar-refractivity contribution in [2.24, 2.45) is 5.73 Å². The van der Waals surface area contributed by atoms with Gasteiger partial charge in [-0.2, -0.15) is 0 Å². The molecule has 0 aliphatic heterocycles.